The van der Waals surface area contributed by atoms with Gasteiger partial charge < -0.3 is 11.1 Å². The molecule has 0 spiro atoms. The molecule has 0 aliphatic carbocycles. The van der Waals surface area contributed by atoms with Crippen LogP contribution in [0, 0.1) is 0 Å². The third kappa shape index (κ3) is 2.48. The highest BCUT2D eigenvalue weighted by molar-refractivity contribution is 7.80. The molecule has 0 fully saturated rings. The van der Waals surface area contributed by atoms with E-state index in [4.69, 9.17) is 18.0 Å². The number of nitrogens with one attached hydrogen (secondary N) is 1. The van der Waals surface area contributed by atoms with Gasteiger partial charge in [0.15, 0.2) is 0 Å². The van der Waals surface area contributed by atoms with E-state index in [1.165, 1.54) is 0 Å². The smallest absolute Gasteiger partial charge is 0.148 e. The minimum atomic E-state index is 0.254. The van der Waals surface area contributed by atoms with Crippen molar-refractivity contribution in [3.63, 3.8) is 0 Å². The fourth-order valence-corrected chi connectivity index (χ4v) is 1.70. The Labute approximate surface area is 96.2 Å². The van der Waals surface area contributed by atoms with E-state index in [-0.39, 0.29) is 4.99 Å². The molecule has 0 saturated heterocycles. The van der Waals surface area contributed by atoms with Crippen molar-refractivity contribution in [2.45, 2.75) is 0 Å². The van der Waals surface area contributed by atoms with Gasteiger partial charge in [0.25, 0.3) is 0 Å². The molecule has 0 radical (unpaired) electrons. The van der Waals surface area contributed by atoms with Gasteiger partial charge in [-0.15, -0.1) is 0 Å². The summed E-state index contributed by atoms with van der Waals surface area (Å²) in [6, 6.07) is 1.97. The first-order valence-corrected chi connectivity index (χ1v) is 5.52. The van der Waals surface area contributed by atoms with Crippen LogP contribution in [0.4, 0.5) is 11.5 Å². The molecule has 6 heteroatoms. The van der Waals surface area contributed by atoms with Crippen LogP contribution in [0.3, 0.4) is 0 Å². The Hall–Kier alpha value is -1.53. The summed E-state index contributed by atoms with van der Waals surface area (Å²) in [5.74, 6) is 0.674. The summed E-state index contributed by atoms with van der Waals surface area (Å²) in [7, 11) is 0. The fourth-order valence-electron chi connectivity index (χ4n) is 1.00. The second-order valence-electron chi connectivity index (χ2n) is 2.79. The van der Waals surface area contributed by atoms with Gasteiger partial charge in [-0.05, 0) is 11.4 Å². The van der Waals surface area contributed by atoms with Crippen LogP contribution < -0.4 is 11.1 Å². The van der Waals surface area contributed by atoms with Gasteiger partial charge in [-0.3, -0.25) is 0 Å². The highest BCUT2D eigenvalue weighted by Gasteiger charge is 2.00. The maximum absolute atomic E-state index is 5.41. The molecule has 0 amide bonds. The lowest BCUT2D eigenvalue weighted by Gasteiger charge is -2.02. The zero-order valence-electron chi connectivity index (χ0n) is 7.68. The third-order valence-corrected chi connectivity index (χ3v) is 2.59. The lowest BCUT2D eigenvalue weighted by atomic mass is 10.4. The zero-order chi connectivity index (χ0) is 10.7. The van der Waals surface area contributed by atoms with Crippen LogP contribution in [-0.4, -0.2) is 15.0 Å². The first-order chi connectivity index (χ1) is 7.25. The summed E-state index contributed by atoms with van der Waals surface area (Å²) in [5.41, 5.74) is 6.94. The Morgan fingerprint density at radius 1 is 1.40 bits per heavy atom. The standard InChI is InChI=1S/C9H8N4S2/c10-9(14)7-3-12-8(4-11-7)13-6-1-2-15-5-6/h1-5H,(H2,10,14)(H,12,13). The SMILES string of the molecule is NC(=S)c1cnc(Nc2ccsc2)cn1. The molecule has 15 heavy (non-hydrogen) atoms. The Morgan fingerprint density at radius 3 is 2.80 bits per heavy atom. The molecule has 2 heterocycles. The van der Waals surface area contributed by atoms with Crippen LogP contribution in [0.25, 0.3) is 0 Å². The number of thiophene rings is 1. The van der Waals surface area contributed by atoms with Gasteiger partial charge in [0, 0.05) is 5.38 Å². The van der Waals surface area contributed by atoms with Crippen molar-refractivity contribution in [2.24, 2.45) is 5.73 Å². The topological polar surface area (TPSA) is 63.8 Å². The fraction of sp³-hybridized carbons (Fsp3) is 0. The molecular formula is C9H8N4S2. The predicted molar refractivity (Wildman–Crippen MR) is 65.5 cm³/mol. The molecule has 0 bridgehead atoms. The van der Waals surface area contributed by atoms with Crippen molar-refractivity contribution < 1.29 is 0 Å². The van der Waals surface area contributed by atoms with Crippen LogP contribution in [0.15, 0.2) is 29.2 Å². The van der Waals surface area contributed by atoms with Crippen LogP contribution in [0.2, 0.25) is 0 Å². The average Bonchev–Trinajstić information content (AvgIpc) is 2.71. The predicted octanol–water partition coefficient (Wildman–Crippen LogP) is 1.92. The Morgan fingerprint density at radius 2 is 2.27 bits per heavy atom. The van der Waals surface area contributed by atoms with E-state index in [9.17, 15) is 0 Å². The zero-order valence-corrected chi connectivity index (χ0v) is 9.31. The lowest BCUT2D eigenvalue weighted by molar-refractivity contribution is 1.18. The first-order valence-electron chi connectivity index (χ1n) is 4.17. The van der Waals surface area contributed by atoms with E-state index < -0.39 is 0 Å². The monoisotopic (exact) mass is 236 g/mol. The molecule has 2 rings (SSSR count). The number of rotatable bonds is 3. The van der Waals surface area contributed by atoms with Gasteiger partial charge in [-0.25, -0.2) is 9.97 Å². The minimum absolute atomic E-state index is 0.254. The van der Waals surface area contributed by atoms with Crippen molar-refractivity contribution >= 4 is 40.0 Å². The van der Waals surface area contributed by atoms with Gasteiger partial charge in [0.05, 0.1) is 18.1 Å². The molecule has 0 saturated carbocycles. The van der Waals surface area contributed by atoms with Gasteiger partial charge >= 0.3 is 0 Å². The summed E-state index contributed by atoms with van der Waals surface area (Å²) in [5, 5.41) is 7.08. The summed E-state index contributed by atoms with van der Waals surface area (Å²) in [6.45, 7) is 0. The van der Waals surface area contributed by atoms with Crippen molar-refractivity contribution in [1.82, 2.24) is 9.97 Å². The van der Waals surface area contributed by atoms with Gasteiger partial charge in [0.2, 0.25) is 0 Å². The molecule has 4 nitrogen and oxygen atoms in total. The van der Waals surface area contributed by atoms with E-state index in [2.05, 4.69) is 15.3 Å². The van der Waals surface area contributed by atoms with E-state index in [0.29, 0.717) is 11.5 Å². The summed E-state index contributed by atoms with van der Waals surface area (Å²) < 4.78 is 0. The van der Waals surface area contributed by atoms with E-state index in [0.717, 1.165) is 5.69 Å². The van der Waals surface area contributed by atoms with Gasteiger partial charge in [-0.1, -0.05) is 12.2 Å². The van der Waals surface area contributed by atoms with Gasteiger partial charge in [0.1, 0.15) is 16.5 Å². The van der Waals surface area contributed by atoms with Crippen molar-refractivity contribution in [1.29, 1.82) is 0 Å². The van der Waals surface area contributed by atoms with E-state index >= 15 is 0 Å². The van der Waals surface area contributed by atoms with Crippen molar-refractivity contribution in [2.75, 3.05) is 5.32 Å². The number of hydrogen-bond donors (Lipinski definition) is 2. The maximum atomic E-state index is 5.41. The largest absolute Gasteiger partial charge is 0.388 e. The average molecular weight is 236 g/mol. The molecule has 3 N–H and O–H groups in total. The lowest BCUT2D eigenvalue weighted by Crippen LogP contribution is -2.12. The van der Waals surface area contributed by atoms with E-state index in [1.54, 1.807) is 23.7 Å². The Bertz CT molecular complexity index is 449. The quantitative estimate of drug-likeness (QED) is 0.797. The minimum Gasteiger partial charge on any atom is -0.388 e. The molecule has 0 aliphatic rings. The molecule has 2 aromatic heterocycles. The normalized spacial score (nSPS) is 9.87. The van der Waals surface area contributed by atoms with E-state index in [1.807, 2.05) is 16.8 Å². The van der Waals surface area contributed by atoms with Crippen LogP contribution in [0.1, 0.15) is 5.69 Å². The van der Waals surface area contributed by atoms with Gasteiger partial charge in [-0.2, -0.15) is 11.3 Å². The Balaban J connectivity index is 2.14. The van der Waals surface area contributed by atoms with Crippen molar-refractivity contribution in [3.8, 4) is 0 Å². The molecule has 0 unspecified atom stereocenters. The summed E-state index contributed by atoms with van der Waals surface area (Å²) in [6.07, 6.45) is 3.16. The summed E-state index contributed by atoms with van der Waals surface area (Å²) in [4.78, 5) is 8.46. The number of hydrogen-bond acceptors (Lipinski definition) is 5. The highest BCUT2D eigenvalue weighted by Crippen LogP contribution is 2.16. The molecule has 0 aromatic carbocycles. The van der Waals surface area contributed by atoms with Crippen LogP contribution in [-0.2, 0) is 0 Å². The second-order valence-corrected chi connectivity index (χ2v) is 4.01. The number of nitrogens with two attached hydrogens (primary N) is 1. The highest BCUT2D eigenvalue weighted by atomic mass is 32.1. The molecule has 76 valence electrons. The molecular weight excluding hydrogens is 228 g/mol. The number of aromatic nitrogens is 2. The van der Waals surface area contributed by atoms with Crippen LogP contribution in [0.5, 0.6) is 0 Å². The number of nitrogens with zero attached hydrogens (tertiary/aromatic N) is 2. The second kappa shape index (κ2) is 4.33. The Kier molecular flexibility index (Phi) is 2.89. The first kappa shape index (κ1) is 10.0. The summed E-state index contributed by atoms with van der Waals surface area (Å²) >= 11 is 6.39. The number of thiocarbonyl (C=S) groups is 1. The van der Waals surface area contributed by atoms with Crippen molar-refractivity contribution in [3.05, 3.63) is 34.9 Å². The maximum Gasteiger partial charge on any atom is 0.148 e. The molecule has 2 aromatic rings. The third-order valence-electron chi connectivity index (χ3n) is 1.70. The molecule has 0 atom stereocenters. The van der Waals surface area contributed by atoms with Crippen LogP contribution >= 0.6 is 23.6 Å². The molecule has 0 aliphatic heterocycles. The number of anilines is 2.